The topological polar surface area (TPSA) is 118 Å². The Morgan fingerprint density at radius 3 is 1.70 bits per heavy atom. The molecule has 9 heteroatoms. The van der Waals surface area contributed by atoms with Gasteiger partial charge in [-0.25, -0.2) is 9.59 Å². The van der Waals surface area contributed by atoms with Crippen molar-refractivity contribution in [3.8, 4) is 0 Å². The Morgan fingerprint density at radius 2 is 1.24 bits per heavy atom. The van der Waals surface area contributed by atoms with Gasteiger partial charge in [-0.1, -0.05) is 64.7 Å². The number of carboxylic acid groups (broad SMARTS) is 2. The molecule has 9 nitrogen and oxygen atoms in total. The molecule has 3 heterocycles. The number of hydrogen-bond acceptors (Lipinski definition) is 7. The van der Waals surface area contributed by atoms with E-state index >= 15 is 0 Å². The Balaban J connectivity index is 0.000000206. The number of carbonyl (C=O) groups is 4. The van der Waals surface area contributed by atoms with Gasteiger partial charge in [0.15, 0.2) is 0 Å². The molecule has 3 saturated heterocycles. The zero-order valence-electron chi connectivity index (χ0n) is 22.0. The van der Waals surface area contributed by atoms with Crippen molar-refractivity contribution in [1.82, 2.24) is 14.7 Å². The summed E-state index contributed by atoms with van der Waals surface area (Å²) >= 11 is 0. The Morgan fingerprint density at radius 1 is 0.757 bits per heavy atom. The van der Waals surface area contributed by atoms with Crippen molar-refractivity contribution in [2.24, 2.45) is 0 Å². The van der Waals surface area contributed by atoms with E-state index < -0.39 is 11.9 Å². The van der Waals surface area contributed by atoms with E-state index in [0.717, 1.165) is 64.6 Å². The van der Waals surface area contributed by atoms with Crippen LogP contribution in [-0.2, 0) is 19.2 Å². The maximum Gasteiger partial charge on any atom is 0.331 e. The minimum absolute atomic E-state index is 0.00272. The van der Waals surface area contributed by atoms with Crippen LogP contribution in [0.1, 0.15) is 77.6 Å². The molecule has 4 aliphatic rings. The van der Waals surface area contributed by atoms with E-state index in [1.54, 1.807) is 0 Å². The summed E-state index contributed by atoms with van der Waals surface area (Å²) in [4.78, 5) is 51.7. The fourth-order valence-electron chi connectivity index (χ4n) is 4.47. The predicted molar refractivity (Wildman–Crippen MR) is 140 cm³/mol. The van der Waals surface area contributed by atoms with Crippen LogP contribution >= 0.6 is 0 Å². The molecule has 0 amide bonds. The Bertz CT molecular complexity index is 955. The first-order valence-electron chi connectivity index (χ1n) is 13.8. The first kappa shape index (κ1) is 28.5. The minimum Gasteiger partial charge on any atom is -0.478 e. The van der Waals surface area contributed by atoms with Crippen LogP contribution in [0.25, 0.3) is 0 Å². The number of ketones is 2. The van der Waals surface area contributed by atoms with Crippen LogP contribution in [0.5, 0.6) is 0 Å². The Kier molecular flexibility index (Phi) is 10.8. The number of aliphatic carboxylic acids is 2. The molecule has 0 unspecified atom stereocenters. The van der Waals surface area contributed by atoms with Crippen molar-refractivity contribution in [3.63, 3.8) is 0 Å². The van der Waals surface area contributed by atoms with Crippen LogP contribution in [0.15, 0.2) is 34.8 Å². The minimum atomic E-state index is -1.19. The zero-order chi connectivity index (χ0) is 26.8. The highest BCUT2D eigenvalue weighted by Gasteiger charge is 2.43. The van der Waals surface area contributed by atoms with Gasteiger partial charge < -0.3 is 24.9 Å². The Labute approximate surface area is 219 Å². The summed E-state index contributed by atoms with van der Waals surface area (Å²) in [5.74, 6) is -2.26. The Hall–Kier alpha value is -3.10. The van der Waals surface area contributed by atoms with E-state index in [-0.39, 0.29) is 17.1 Å². The standard InChI is InChI=1S/C16H28O4.C12H13N3O2/c1-2-3-4-5-6-7-8-9-10-11-12-14(16(19)20)13-15(17)18;16-9-7-8(13-1-2-13)12(17)11(15-5-6-15)10(9)14-3-4-14/h13H,2-12H2,1H3,(H,17,18)(H,19,20);7H,1-6H2/b14-13-;. The van der Waals surface area contributed by atoms with E-state index in [0.29, 0.717) is 23.5 Å². The highest BCUT2D eigenvalue weighted by atomic mass is 16.4. The van der Waals surface area contributed by atoms with Crippen LogP contribution in [0.2, 0.25) is 0 Å². The highest BCUT2D eigenvalue weighted by Crippen LogP contribution is 2.33. The van der Waals surface area contributed by atoms with E-state index in [4.69, 9.17) is 10.2 Å². The summed E-state index contributed by atoms with van der Waals surface area (Å²) in [5.41, 5.74) is 1.88. The van der Waals surface area contributed by atoms with Crippen molar-refractivity contribution in [2.45, 2.75) is 77.6 Å². The average Bonchev–Trinajstić information content (AvgIpc) is 3.70. The number of hydrogen-bond donors (Lipinski definition) is 2. The van der Waals surface area contributed by atoms with E-state index in [2.05, 4.69) is 6.92 Å². The lowest BCUT2D eigenvalue weighted by atomic mass is 10.0. The summed E-state index contributed by atoms with van der Waals surface area (Å²) in [7, 11) is 0. The number of rotatable bonds is 16. The van der Waals surface area contributed by atoms with Crippen LogP contribution in [0, 0.1) is 0 Å². The molecule has 0 aromatic carbocycles. The largest absolute Gasteiger partial charge is 0.478 e. The molecule has 0 aromatic heterocycles. The number of allylic oxidation sites excluding steroid dienone is 1. The first-order valence-corrected chi connectivity index (χ1v) is 13.8. The molecule has 4 rings (SSSR count). The molecule has 0 bridgehead atoms. The summed E-state index contributed by atoms with van der Waals surface area (Å²) in [5, 5.41) is 17.4. The number of unbranched alkanes of at least 4 members (excludes halogenated alkanes) is 9. The summed E-state index contributed by atoms with van der Waals surface area (Å²) < 4.78 is 0. The van der Waals surface area contributed by atoms with Gasteiger partial charge in [0.25, 0.3) is 0 Å². The van der Waals surface area contributed by atoms with Crippen molar-refractivity contribution in [2.75, 3.05) is 39.3 Å². The fraction of sp³-hybridized carbons (Fsp3) is 0.643. The third-order valence-electron chi connectivity index (χ3n) is 6.86. The number of carbonyl (C=O) groups excluding carboxylic acids is 2. The third-order valence-corrected chi connectivity index (χ3v) is 6.86. The van der Waals surface area contributed by atoms with Crippen LogP contribution in [0.4, 0.5) is 0 Å². The van der Waals surface area contributed by atoms with Gasteiger partial charge in [-0.15, -0.1) is 0 Å². The summed E-state index contributed by atoms with van der Waals surface area (Å²) in [6, 6.07) is 0. The smallest absolute Gasteiger partial charge is 0.331 e. The molecule has 0 saturated carbocycles. The number of nitrogens with zero attached hydrogens (tertiary/aromatic N) is 3. The van der Waals surface area contributed by atoms with E-state index in [1.807, 2.05) is 14.7 Å². The fourth-order valence-corrected chi connectivity index (χ4v) is 4.47. The van der Waals surface area contributed by atoms with Gasteiger partial charge in [-0.2, -0.15) is 0 Å². The van der Waals surface area contributed by atoms with Gasteiger partial charge in [0.05, 0.1) is 5.70 Å². The molecule has 204 valence electrons. The maximum absolute atomic E-state index is 12.4. The lowest BCUT2D eigenvalue weighted by Crippen LogP contribution is -2.29. The average molecular weight is 516 g/mol. The molecule has 0 radical (unpaired) electrons. The van der Waals surface area contributed by atoms with Crippen molar-refractivity contribution in [1.29, 1.82) is 0 Å². The van der Waals surface area contributed by atoms with Gasteiger partial charge in [0, 0.05) is 57.0 Å². The van der Waals surface area contributed by atoms with Gasteiger partial charge in [0.2, 0.25) is 11.6 Å². The summed E-state index contributed by atoms with van der Waals surface area (Å²) in [6.07, 6.45) is 14.5. The predicted octanol–water partition coefficient (Wildman–Crippen LogP) is 3.57. The lowest BCUT2D eigenvalue weighted by molar-refractivity contribution is -0.135. The number of Topliss-reactive ketones (excluding diaryl/α,β-unsaturated/α-hetero) is 1. The van der Waals surface area contributed by atoms with Gasteiger partial charge >= 0.3 is 11.9 Å². The lowest BCUT2D eigenvalue weighted by Gasteiger charge is -2.21. The van der Waals surface area contributed by atoms with Gasteiger partial charge in [0.1, 0.15) is 11.4 Å². The van der Waals surface area contributed by atoms with Crippen molar-refractivity contribution in [3.05, 3.63) is 34.8 Å². The first-order chi connectivity index (χ1) is 17.8. The van der Waals surface area contributed by atoms with Crippen LogP contribution in [0.3, 0.4) is 0 Å². The maximum atomic E-state index is 12.4. The van der Waals surface area contributed by atoms with E-state index in [9.17, 15) is 19.2 Å². The second-order valence-corrected chi connectivity index (χ2v) is 10.1. The second-order valence-electron chi connectivity index (χ2n) is 10.1. The summed E-state index contributed by atoms with van der Waals surface area (Å²) in [6.45, 7) is 7.62. The molecule has 2 N–H and O–H groups in total. The zero-order valence-corrected chi connectivity index (χ0v) is 22.0. The SMILES string of the molecule is CCCCCCCCCCCC/C(=C/C(=O)O)C(=O)O.O=C1C=C(N2CC2)C(=O)C(N2CC2)=C1N1CC1. The van der Waals surface area contributed by atoms with E-state index in [1.165, 1.54) is 51.0 Å². The van der Waals surface area contributed by atoms with Crippen molar-refractivity contribution >= 4 is 23.5 Å². The molecule has 0 aromatic rings. The van der Waals surface area contributed by atoms with Crippen LogP contribution in [-0.4, -0.2) is 87.7 Å². The molecule has 1 aliphatic carbocycles. The highest BCUT2D eigenvalue weighted by molar-refractivity contribution is 6.22. The third kappa shape index (κ3) is 9.37. The normalized spacial score (nSPS) is 18.5. The molecule has 3 fully saturated rings. The quantitative estimate of drug-likeness (QED) is 0.138. The van der Waals surface area contributed by atoms with Gasteiger partial charge in [-0.05, 0) is 12.8 Å². The molecule has 3 aliphatic heterocycles. The molecular formula is C28H41N3O6. The molecule has 37 heavy (non-hydrogen) atoms. The molecule has 0 atom stereocenters. The molecule has 0 spiro atoms. The monoisotopic (exact) mass is 515 g/mol. The van der Waals surface area contributed by atoms with Crippen molar-refractivity contribution < 1.29 is 29.4 Å². The number of carboxylic acids is 2. The molecular weight excluding hydrogens is 474 g/mol. The second kappa shape index (κ2) is 14.0. The van der Waals surface area contributed by atoms with Crippen LogP contribution < -0.4 is 0 Å². The van der Waals surface area contributed by atoms with Gasteiger partial charge in [-0.3, -0.25) is 9.59 Å².